The van der Waals surface area contributed by atoms with E-state index in [2.05, 4.69) is 5.32 Å². The van der Waals surface area contributed by atoms with Gasteiger partial charge in [0, 0.05) is 16.9 Å². The molecule has 0 saturated carbocycles. The van der Waals surface area contributed by atoms with Gasteiger partial charge in [0.2, 0.25) is 0 Å². The highest BCUT2D eigenvalue weighted by molar-refractivity contribution is 7.80. The Morgan fingerprint density at radius 2 is 1.21 bits per heavy atom. The Morgan fingerprint density at radius 1 is 0.679 bits per heavy atom. The van der Waals surface area contributed by atoms with E-state index >= 15 is 0 Å². The molecule has 0 heterocycles. The Bertz CT molecular complexity index is 1080. The third-order valence-electron chi connectivity index (χ3n) is 4.49. The molecular weight excluding hydrogens is 364 g/mol. The average molecular weight is 382 g/mol. The summed E-state index contributed by atoms with van der Waals surface area (Å²) in [5.74, 6) is -0.223. The van der Waals surface area contributed by atoms with Crippen LogP contribution >= 0.6 is 12.2 Å². The van der Waals surface area contributed by atoms with Gasteiger partial charge in [-0.05, 0) is 53.3 Å². The van der Waals surface area contributed by atoms with E-state index in [1.165, 1.54) is 0 Å². The highest BCUT2D eigenvalue weighted by atomic mass is 32.1. The SMILES string of the molecule is O=C(NC(=S)N(c1ccccc1)c1ccccc1)c1cccc2ccccc12. The maximum absolute atomic E-state index is 13.0. The molecule has 0 bridgehead atoms. The van der Waals surface area contributed by atoms with E-state index in [4.69, 9.17) is 12.2 Å². The molecule has 1 N–H and O–H groups in total. The van der Waals surface area contributed by atoms with Crippen molar-refractivity contribution in [2.75, 3.05) is 4.90 Å². The van der Waals surface area contributed by atoms with Gasteiger partial charge in [-0.2, -0.15) is 0 Å². The fraction of sp³-hybridized carbons (Fsp3) is 0. The van der Waals surface area contributed by atoms with E-state index in [1.54, 1.807) is 0 Å². The van der Waals surface area contributed by atoms with Gasteiger partial charge in [-0.3, -0.25) is 15.0 Å². The topological polar surface area (TPSA) is 32.3 Å². The molecule has 28 heavy (non-hydrogen) atoms. The molecule has 1 amide bonds. The van der Waals surface area contributed by atoms with Crippen LogP contribution in [0.4, 0.5) is 11.4 Å². The van der Waals surface area contributed by atoms with Gasteiger partial charge in [0.05, 0.1) is 0 Å². The van der Waals surface area contributed by atoms with Crippen molar-refractivity contribution in [2.45, 2.75) is 0 Å². The number of hydrogen-bond donors (Lipinski definition) is 1. The maximum Gasteiger partial charge on any atom is 0.258 e. The van der Waals surface area contributed by atoms with E-state index in [0.29, 0.717) is 10.7 Å². The van der Waals surface area contributed by atoms with Crippen LogP contribution in [0.3, 0.4) is 0 Å². The summed E-state index contributed by atoms with van der Waals surface area (Å²) in [6.45, 7) is 0. The van der Waals surface area contributed by atoms with Crippen molar-refractivity contribution in [2.24, 2.45) is 0 Å². The molecule has 4 rings (SSSR count). The van der Waals surface area contributed by atoms with Crippen LogP contribution in [-0.4, -0.2) is 11.0 Å². The second kappa shape index (κ2) is 8.03. The fourth-order valence-corrected chi connectivity index (χ4v) is 3.48. The molecule has 0 aliphatic rings. The van der Waals surface area contributed by atoms with Crippen molar-refractivity contribution >= 4 is 45.4 Å². The number of carbonyl (C=O) groups is 1. The Hall–Kier alpha value is -3.50. The van der Waals surface area contributed by atoms with E-state index in [0.717, 1.165) is 22.1 Å². The maximum atomic E-state index is 13.0. The number of anilines is 2. The summed E-state index contributed by atoms with van der Waals surface area (Å²) in [6, 6.07) is 33.0. The van der Waals surface area contributed by atoms with Crippen molar-refractivity contribution in [1.29, 1.82) is 0 Å². The minimum absolute atomic E-state index is 0.223. The number of fused-ring (bicyclic) bond motifs is 1. The van der Waals surface area contributed by atoms with Crippen LogP contribution in [0.2, 0.25) is 0 Å². The van der Waals surface area contributed by atoms with E-state index in [9.17, 15) is 4.79 Å². The normalized spacial score (nSPS) is 10.4. The molecule has 4 heteroatoms. The predicted molar refractivity (Wildman–Crippen MR) is 119 cm³/mol. The first-order valence-corrected chi connectivity index (χ1v) is 9.38. The van der Waals surface area contributed by atoms with Gasteiger partial charge in [-0.25, -0.2) is 0 Å². The van der Waals surface area contributed by atoms with E-state index < -0.39 is 0 Å². The third-order valence-corrected chi connectivity index (χ3v) is 4.77. The Balaban J connectivity index is 1.67. The van der Waals surface area contributed by atoms with Crippen LogP contribution in [0.5, 0.6) is 0 Å². The average Bonchev–Trinajstić information content (AvgIpc) is 2.75. The van der Waals surface area contributed by atoms with Gasteiger partial charge in [0.15, 0.2) is 5.11 Å². The highest BCUT2D eigenvalue weighted by Gasteiger charge is 2.18. The third kappa shape index (κ3) is 3.63. The molecule has 4 aromatic carbocycles. The number of carbonyl (C=O) groups excluding carboxylic acids is 1. The van der Waals surface area contributed by atoms with E-state index in [1.807, 2.05) is 108 Å². The van der Waals surface area contributed by atoms with Crippen molar-refractivity contribution < 1.29 is 4.79 Å². The minimum Gasteiger partial charge on any atom is -0.298 e. The molecule has 4 aromatic rings. The second-order valence-electron chi connectivity index (χ2n) is 6.29. The van der Waals surface area contributed by atoms with Crippen LogP contribution in [0.15, 0.2) is 103 Å². The highest BCUT2D eigenvalue weighted by Crippen LogP contribution is 2.25. The summed E-state index contributed by atoms with van der Waals surface area (Å²) < 4.78 is 0. The molecule has 0 aromatic heterocycles. The lowest BCUT2D eigenvalue weighted by Gasteiger charge is -2.25. The van der Waals surface area contributed by atoms with Crippen molar-refractivity contribution in [3.8, 4) is 0 Å². The Kier molecular flexibility index (Phi) is 5.13. The number of para-hydroxylation sites is 2. The van der Waals surface area contributed by atoms with Crippen LogP contribution in [0, 0.1) is 0 Å². The molecule has 136 valence electrons. The van der Waals surface area contributed by atoms with Crippen LogP contribution in [-0.2, 0) is 0 Å². The van der Waals surface area contributed by atoms with Gasteiger partial charge in [0.1, 0.15) is 0 Å². The lowest BCUT2D eigenvalue weighted by molar-refractivity contribution is 0.0979. The number of amides is 1. The zero-order valence-corrected chi connectivity index (χ0v) is 15.9. The van der Waals surface area contributed by atoms with Crippen molar-refractivity contribution in [3.63, 3.8) is 0 Å². The van der Waals surface area contributed by atoms with E-state index in [-0.39, 0.29) is 5.91 Å². The molecule has 3 nitrogen and oxygen atoms in total. The zero-order chi connectivity index (χ0) is 19.3. The Labute approximate surface area is 169 Å². The largest absolute Gasteiger partial charge is 0.298 e. The summed E-state index contributed by atoms with van der Waals surface area (Å²) in [5.41, 5.74) is 2.37. The minimum atomic E-state index is -0.223. The van der Waals surface area contributed by atoms with Gasteiger partial charge < -0.3 is 0 Å². The first-order valence-electron chi connectivity index (χ1n) is 8.97. The number of thiocarbonyl (C=S) groups is 1. The molecule has 0 unspecified atom stereocenters. The standard InChI is InChI=1S/C24H18N2OS/c27-23(22-17-9-11-18-10-7-8-16-21(18)22)25-24(28)26(19-12-3-1-4-13-19)20-14-5-2-6-15-20/h1-17H,(H,25,27,28). The quantitative estimate of drug-likeness (QED) is 0.462. The lowest BCUT2D eigenvalue weighted by atomic mass is 10.0. The van der Waals surface area contributed by atoms with Gasteiger partial charge in [0.25, 0.3) is 5.91 Å². The zero-order valence-electron chi connectivity index (χ0n) is 15.1. The van der Waals surface area contributed by atoms with Crippen molar-refractivity contribution in [1.82, 2.24) is 5.32 Å². The molecule has 0 aliphatic heterocycles. The van der Waals surface area contributed by atoms with Gasteiger partial charge >= 0.3 is 0 Å². The summed E-state index contributed by atoms with van der Waals surface area (Å²) in [5, 5.41) is 5.15. The second-order valence-corrected chi connectivity index (χ2v) is 6.68. The summed E-state index contributed by atoms with van der Waals surface area (Å²) in [4.78, 5) is 14.9. The van der Waals surface area contributed by atoms with Gasteiger partial charge in [-0.15, -0.1) is 0 Å². The van der Waals surface area contributed by atoms with Crippen LogP contribution < -0.4 is 10.2 Å². The van der Waals surface area contributed by atoms with Crippen LogP contribution in [0.1, 0.15) is 10.4 Å². The number of benzene rings is 4. The summed E-state index contributed by atoms with van der Waals surface area (Å²) >= 11 is 5.63. The molecular formula is C24H18N2OS. The summed E-state index contributed by atoms with van der Waals surface area (Å²) in [7, 11) is 0. The fourth-order valence-electron chi connectivity index (χ4n) is 3.18. The number of rotatable bonds is 3. The molecule has 0 saturated heterocycles. The monoisotopic (exact) mass is 382 g/mol. The summed E-state index contributed by atoms with van der Waals surface area (Å²) in [6.07, 6.45) is 0. The Morgan fingerprint density at radius 3 is 1.86 bits per heavy atom. The van der Waals surface area contributed by atoms with Crippen molar-refractivity contribution in [3.05, 3.63) is 109 Å². The number of nitrogens with one attached hydrogen (secondary N) is 1. The first-order chi connectivity index (χ1) is 13.7. The molecule has 0 aliphatic carbocycles. The lowest BCUT2D eigenvalue weighted by Crippen LogP contribution is -2.40. The molecule has 0 radical (unpaired) electrons. The molecule has 0 fully saturated rings. The number of hydrogen-bond acceptors (Lipinski definition) is 2. The smallest absolute Gasteiger partial charge is 0.258 e. The number of nitrogens with zero attached hydrogens (tertiary/aromatic N) is 1. The predicted octanol–water partition coefficient (Wildman–Crippen LogP) is 5.69. The van der Waals surface area contributed by atoms with Gasteiger partial charge in [-0.1, -0.05) is 72.8 Å². The molecule has 0 atom stereocenters. The van der Waals surface area contributed by atoms with Crippen LogP contribution in [0.25, 0.3) is 10.8 Å². The first kappa shape index (κ1) is 17.9. The molecule has 0 spiro atoms.